The second-order valence-electron chi connectivity index (χ2n) is 10.1. The molecular formula is C28H37Cl2N3O2. The zero-order valence-electron chi connectivity index (χ0n) is 20.7. The summed E-state index contributed by atoms with van der Waals surface area (Å²) in [7, 11) is 0. The molecule has 2 aromatic rings. The molecule has 1 atom stereocenters. The van der Waals surface area contributed by atoms with E-state index in [1.807, 2.05) is 61.2 Å². The first-order valence-electron chi connectivity index (χ1n) is 12.5. The van der Waals surface area contributed by atoms with Gasteiger partial charge in [-0.25, -0.2) is 0 Å². The van der Waals surface area contributed by atoms with Crippen molar-refractivity contribution in [2.24, 2.45) is 11.3 Å². The summed E-state index contributed by atoms with van der Waals surface area (Å²) in [6.45, 7) is 8.12. The number of halogens is 2. The van der Waals surface area contributed by atoms with E-state index in [2.05, 4.69) is 22.3 Å². The molecule has 2 heterocycles. The summed E-state index contributed by atoms with van der Waals surface area (Å²) in [6.07, 6.45) is 3.64. The van der Waals surface area contributed by atoms with Crippen molar-refractivity contribution in [1.29, 1.82) is 0 Å². The van der Waals surface area contributed by atoms with Crippen LogP contribution in [-0.4, -0.2) is 47.8 Å². The van der Waals surface area contributed by atoms with Gasteiger partial charge in [-0.05, 0) is 62.0 Å². The molecular weight excluding hydrogens is 481 g/mol. The lowest BCUT2D eigenvalue weighted by atomic mass is 9.77. The monoisotopic (exact) mass is 517 g/mol. The van der Waals surface area contributed by atoms with Crippen LogP contribution in [-0.2, 0) is 16.1 Å². The number of hydrogen-bond donors (Lipinski definition) is 1. The Balaban J connectivity index is 0.00000342. The van der Waals surface area contributed by atoms with Gasteiger partial charge in [0.2, 0.25) is 11.8 Å². The van der Waals surface area contributed by atoms with Gasteiger partial charge in [0.1, 0.15) is 0 Å². The minimum Gasteiger partial charge on any atom is -0.349 e. The van der Waals surface area contributed by atoms with Crippen molar-refractivity contribution in [3.05, 3.63) is 70.7 Å². The molecule has 1 spiro atoms. The van der Waals surface area contributed by atoms with Crippen LogP contribution in [0.3, 0.4) is 0 Å². The number of likely N-dealkylation sites (tertiary alicyclic amines) is 2. The zero-order chi connectivity index (χ0) is 24.1. The lowest BCUT2D eigenvalue weighted by molar-refractivity contribution is -0.139. The molecule has 2 aliphatic heterocycles. The van der Waals surface area contributed by atoms with Gasteiger partial charge in [0, 0.05) is 30.6 Å². The molecule has 35 heavy (non-hydrogen) atoms. The summed E-state index contributed by atoms with van der Waals surface area (Å²) in [5, 5.41) is 3.95. The van der Waals surface area contributed by atoms with E-state index in [1.165, 1.54) is 0 Å². The number of hydrogen-bond acceptors (Lipinski definition) is 3. The van der Waals surface area contributed by atoms with Gasteiger partial charge in [-0.2, -0.15) is 0 Å². The van der Waals surface area contributed by atoms with E-state index in [4.69, 9.17) is 11.6 Å². The summed E-state index contributed by atoms with van der Waals surface area (Å²) in [4.78, 5) is 30.2. The van der Waals surface area contributed by atoms with E-state index in [1.54, 1.807) is 0 Å². The molecule has 2 amide bonds. The van der Waals surface area contributed by atoms with Crippen LogP contribution in [0.5, 0.6) is 0 Å². The molecule has 2 fully saturated rings. The van der Waals surface area contributed by atoms with E-state index in [0.717, 1.165) is 68.0 Å². The van der Waals surface area contributed by atoms with Crippen LogP contribution < -0.4 is 5.32 Å². The highest BCUT2D eigenvalue weighted by Gasteiger charge is 2.47. The van der Waals surface area contributed by atoms with Gasteiger partial charge in [-0.3, -0.25) is 9.59 Å². The fourth-order valence-electron chi connectivity index (χ4n) is 5.18. The molecule has 0 bridgehead atoms. The van der Waals surface area contributed by atoms with Crippen LogP contribution in [0.25, 0.3) is 0 Å². The molecule has 7 heteroatoms. The van der Waals surface area contributed by atoms with Crippen LogP contribution in [0.1, 0.15) is 56.7 Å². The maximum Gasteiger partial charge on any atom is 0.229 e. The molecule has 0 aliphatic carbocycles. The maximum absolute atomic E-state index is 13.3. The topological polar surface area (TPSA) is 52.7 Å². The molecule has 0 saturated carbocycles. The number of amides is 2. The zero-order valence-corrected chi connectivity index (χ0v) is 22.3. The number of carbonyl (C=O) groups is 2. The Labute approximate surface area is 220 Å². The van der Waals surface area contributed by atoms with Crippen LogP contribution in [0.4, 0.5) is 0 Å². The fraction of sp³-hybridized carbons (Fsp3) is 0.500. The minimum absolute atomic E-state index is 0. The first-order chi connectivity index (χ1) is 16.4. The van der Waals surface area contributed by atoms with Gasteiger partial charge >= 0.3 is 0 Å². The average Bonchev–Trinajstić information content (AvgIpc) is 3.14. The van der Waals surface area contributed by atoms with Crippen molar-refractivity contribution in [2.45, 2.75) is 52.1 Å². The van der Waals surface area contributed by atoms with Gasteiger partial charge in [-0.1, -0.05) is 67.9 Å². The fourth-order valence-corrected chi connectivity index (χ4v) is 5.31. The second-order valence-corrected chi connectivity index (χ2v) is 10.6. The van der Waals surface area contributed by atoms with E-state index in [-0.39, 0.29) is 35.7 Å². The van der Waals surface area contributed by atoms with E-state index in [0.29, 0.717) is 12.5 Å². The van der Waals surface area contributed by atoms with Crippen molar-refractivity contribution in [1.82, 2.24) is 15.1 Å². The molecule has 5 nitrogen and oxygen atoms in total. The van der Waals surface area contributed by atoms with Gasteiger partial charge < -0.3 is 15.1 Å². The largest absolute Gasteiger partial charge is 0.349 e. The highest BCUT2D eigenvalue weighted by molar-refractivity contribution is 6.30. The number of piperidine rings is 1. The first-order valence-corrected chi connectivity index (χ1v) is 12.9. The number of nitrogens with one attached hydrogen (secondary N) is 1. The Kier molecular flexibility index (Phi) is 9.62. The normalized spacial score (nSPS) is 18.5. The molecule has 2 saturated heterocycles. The molecule has 2 aromatic carbocycles. The SMILES string of the molecule is CC(C)C(=O)N[C@@H](CCN1CCC2(CC1)CCN(Cc1ccc(Cl)cc1)C2=O)c1ccccc1.Cl. The summed E-state index contributed by atoms with van der Waals surface area (Å²) in [5.41, 5.74) is 2.07. The maximum atomic E-state index is 13.3. The average molecular weight is 519 g/mol. The van der Waals surface area contributed by atoms with Crippen LogP contribution >= 0.6 is 24.0 Å². The molecule has 1 N–H and O–H groups in total. The van der Waals surface area contributed by atoms with E-state index in [9.17, 15) is 9.59 Å². The van der Waals surface area contributed by atoms with Gasteiger partial charge in [0.25, 0.3) is 0 Å². The summed E-state index contributed by atoms with van der Waals surface area (Å²) in [5.74, 6) is 0.363. The second kappa shape index (κ2) is 12.2. The van der Waals surface area contributed by atoms with Crippen molar-refractivity contribution in [2.75, 3.05) is 26.2 Å². The van der Waals surface area contributed by atoms with E-state index < -0.39 is 0 Å². The molecule has 4 rings (SSSR count). The van der Waals surface area contributed by atoms with Crippen LogP contribution in [0, 0.1) is 11.3 Å². The predicted molar refractivity (Wildman–Crippen MR) is 144 cm³/mol. The predicted octanol–water partition coefficient (Wildman–Crippen LogP) is 5.48. The third-order valence-electron chi connectivity index (χ3n) is 7.48. The Morgan fingerprint density at radius 1 is 1.00 bits per heavy atom. The molecule has 2 aliphatic rings. The molecule has 190 valence electrons. The van der Waals surface area contributed by atoms with Crippen molar-refractivity contribution >= 4 is 35.8 Å². The third-order valence-corrected chi connectivity index (χ3v) is 7.73. The number of rotatable bonds is 8. The van der Waals surface area contributed by atoms with Gasteiger partial charge in [0.05, 0.1) is 11.5 Å². The lowest BCUT2D eigenvalue weighted by Gasteiger charge is -2.38. The first kappa shape index (κ1) is 27.5. The number of carbonyl (C=O) groups excluding carboxylic acids is 2. The van der Waals surface area contributed by atoms with Crippen molar-refractivity contribution in [3.8, 4) is 0 Å². The Hall–Kier alpha value is -2.08. The summed E-state index contributed by atoms with van der Waals surface area (Å²) >= 11 is 6.00. The van der Waals surface area contributed by atoms with Crippen LogP contribution in [0.15, 0.2) is 54.6 Å². The highest BCUT2D eigenvalue weighted by atomic mass is 35.5. The third kappa shape index (κ3) is 6.78. The minimum atomic E-state index is -0.201. The van der Waals surface area contributed by atoms with E-state index >= 15 is 0 Å². The lowest BCUT2D eigenvalue weighted by Crippen LogP contribution is -2.45. The molecule has 0 aromatic heterocycles. The Morgan fingerprint density at radius 3 is 2.26 bits per heavy atom. The molecule has 0 unspecified atom stereocenters. The number of nitrogens with zero attached hydrogens (tertiary/aromatic N) is 2. The van der Waals surface area contributed by atoms with Crippen molar-refractivity contribution in [3.63, 3.8) is 0 Å². The smallest absolute Gasteiger partial charge is 0.229 e. The van der Waals surface area contributed by atoms with Gasteiger partial charge in [0.15, 0.2) is 0 Å². The standard InChI is InChI=1S/C28H36ClN3O2.ClH/c1-21(2)26(33)30-25(23-6-4-3-5-7-23)12-16-31-17-13-28(14-18-31)15-19-32(27(28)34)20-22-8-10-24(29)11-9-22;/h3-11,21,25H,12-20H2,1-2H3,(H,30,33);1H/t25-;/m0./s1. The summed E-state index contributed by atoms with van der Waals surface area (Å²) in [6, 6.07) is 18.0. The number of benzene rings is 2. The highest BCUT2D eigenvalue weighted by Crippen LogP contribution is 2.42. The molecule has 0 radical (unpaired) electrons. The quantitative estimate of drug-likeness (QED) is 0.504. The van der Waals surface area contributed by atoms with Crippen molar-refractivity contribution < 1.29 is 9.59 Å². The van der Waals surface area contributed by atoms with Gasteiger partial charge in [-0.15, -0.1) is 12.4 Å². The van der Waals surface area contributed by atoms with Crippen LogP contribution in [0.2, 0.25) is 5.02 Å². The Morgan fingerprint density at radius 2 is 1.63 bits per heavy atom. The summed E-state index contributed by atoms with van der Waals surface area (Å²) < 4.78 is 0. The Bertz CT molecular complexity index is 973.